The van der Waals surface area contributed by atoms with E-state index in [2.05, 4.69) is 19.9 Å². The van der Waals surface area contributed by atoms with Gasteiger partial charge in [-0.3, -0.25) is 0 Å². The maximum atomic E-state index is 5.34. The summed E-state index contributed by atoms with van der Waals surface area (Å²) in [5.74, 6) is 0.776. The van der Waals surface area contributed by atoms with Gasteiger partial charge in [-0.1, -0.05) is 0 Å². The Kier molecular flexibility index (Phi) is 12.7. The van der Waals surface area contributed by atoms with Crippen LogP contribution in [0.4, 0.5) is 0 Å². The predicted octanol–water partition coefficient (Wildman–Crippen LogP) is 1.29. The molecule has 5 nitrogen and oxygen atoms in total. The van der Waals surface area contributed by atoms with E-state index in [0.717, 1.165) is 0 Å². The Hall–Kier alpha value is 0.380. The van der Waals surface area contributed by atoms with E-state index in [4.69, 9.17) is 27.9 Å². The van der Waals surface area contributed by atoms with E-state index in [1.54, 1.807) is 0 Å². The summed E-state index contributed by atoms with van der Waals surface area (Å²) in [6, 6.07) is 0. The Morgan fingerprint density at radius 3 is 1.92 bits per heavy atom. The second-order valence-electron chi connectivity index (χ2n) is 1.77. The predicted molar refractivity (Wildman–Crippen MR) is 46.3 cm³/mol. The third kappa shape index (κ3) is 12.4. The van der Waals surface area contributed by atoms with Crippen LogP contribution in [0.2, 0.25) is 0 Å². The van der Waals surface area contributed by atoms with Crippen LogP contribution in [0.15, 0.2) is 0 Å². The van der Waals surface area contributed by atoms with Crippen LogP contribution in [0, 0.1) is 0 Å². The Bertz CT molecular complexity index is 85.1. The molecule has 0 atom stereocenters. The molecule has 0 saturated carbocycles. The van der Waals surface area contributed by atoms with Gasteiger partial charge >= 0.3 is 0 Å². The van der Waals surface area contributed by atoms with Crippen molar-refractivity contribution in [1.82, 2.24) is 0 Å². The largest absolute Gasteiger partial charge is 0.378 e. The maximum Gasteiger partial charge on any atom is 0.109 e. The average Bonchev–Trinajstić information content (AvgIpc) is 2.16. The molecule has 0 aromatic carbocycles. The van der Waals surface area contributed by atoms with Gasteiger partial charge in [0, 0.05) is 11.8 Å². The molecule has 13 heavy (non-hydrogen) atoms. The van der Waals surface area contributed by atoms with Crippen LogP contribution in [-0.4, -0.2) is 38.2 Å². The number of ether oxygens (including phenoxy) is 1. The Morgan fingerprint density at radius 1 is 0.692 bits per heavy atom. The number of rotatable bonds is 10. The molecule has 0 unspecified atom stereocenters. The number of hydrogen-bond donors (Lipinski definition) is 0. The topological polar surface area (TPSA) is 46.2 Å². The molecular weight excluding hydrogens is 223 g/mol. The smallest absolute Gasteiger partial charge is 0.109 e. The van der Waals surface area contributed by atoms with Crippen LogP contribution >= 0.6 is 23.2 Å². The summed E-state index contributed by atoms with van der Waals surface area (Å²) < 4.78 is 4.96. The van der Waals surface area contributed by atoms with Gasteiger partial charge in [-0.2, -0.15) is 0 Å². The summed E-state index contributed by atoms with van der Waals surface area (Å²) in [7, 11) is 0. The first-order valence-corrected chi connectivity index (χ1v) is 4.76. The van der Waals surface area contributed by atoms with Crippen molar-refractivity contribution in [2.45, 2.75) is 0 Å². The van der Waals surface area contributed by atoms with Crippen LogP contribution in [0.1, 0.15) is 0 Å². The molecule has 80 valence electrons. The van der Waals surface area contributed by atoms with Crippen LogP contribution in [0.25, 0.3) is 0 Å². The highest BCUT2D eigenvalue weighted by Crippen LogP contribution is 1.86. The fourth-order valence-electron chi connectivity index (χ4n) is 0.388. The summed E-state index contributed by atoms with van der Waals surface area (Å²) in [5, 5.41) is 8.21. The quantitative estimate of drug-likeness (QED) is 0.247. The molecule has 0 aromatic rings. The normalized spacial score (nSPS) is 10.6. The maximum absolute atomic E-state index is 5.34. The highest BCUT2D eigenvalue weighted by molar-refractivity contribution is 6.18. The van der Waals surface area contributed by atoms with Crippen molar-refractivity contribution in [1.29, 1.82) is 0 Å². The van der Waals surface area contributed by atoms with Gasteiger partial charge in [0.15, 0.2) is 0 Å². The summed E-state index contributed by atoms with van der Waals surface area (Å²) in [5.41, 5.74) is 0. The lowest BCUT2D eigenvalue weighted by Gasteiger charge is -2.01. The zero-order chi connectivity index (χ0) is 9.78. The summed E-state index contributed by atoms with van der Waals surface area (Å²) in [4.78, 5) is 8.84. The first-order chi connectivity index (χ1) is 6.41. The molecule has 0 aromatic heterocycles. The van der Waals surface area contributed by atoms with Gasteiger partial charge in [-0.05, 0) is 10.1 Å². The van der Waals surface area contributed by atoms with Crippen LogP contribution < -0.4 is 0 Å². The van der Waals surface area contributed by atoms with Crippen LogP contribution in [-0.2, 0) is 24.6 Å². The van der Waals surface area contributed by atoms with Gasteiger partial charge in [0.05, 0.1) is 19.8 Å². The Balaban J connectivity index is 2.76. The highest BCUT2D eigenvalue weighted by atomic mass is 35.5. The molecular formula is C6H12Cl2O5. The molecule has 0 saturated heterocycles. The fourth-order valence-corrected chi connectivity index (χ4v) is 0.560. The van der Waals surface area contributed by atoms with E-state index < -0.39 is 0 Å². The number of alkyl halides is 2. The molecule has 0 N–H and O–H groups in total. The van der Waals surface area contributed by atoms with Crippen molar-refractivity contribution in [3.8, 4) is 0 Å². The van der Waals surface area contributed by atoms with Gasteiger partial charge in [0.1, 0.15) is 6.61 Å². The van der Waals surface area contributed by atoms with Crippen molar-refractivity contribution in [2.24, 2.45) is 0 Å². The zero-order valence-electron chi connectivity index (χ0n) is 7.04. The van der Waals surface area contributed by atoms with E-state index in [-0.39, 0.29) is 13.2 Å². The van der Waals surface area contributed by atoms with Crippen molar-refractivity contribution >= 4 is 23.2 Å². The standard InChI is InChI=1S/C6H12Cl2O5/c7-1-3-9-5-6-11-13-12-10-4-2-8/h1-6H2. The number of halogens is 2. The van der Waals surface area contributed by atoms with Crippen molar-refractivity contribution in [2.75, 3.05) is 38.2 Å². The van der Waals surface area contributed by atoms with E-state index in [9.17, 15) is 0 Å². The average molecular weight is 235 g/mol. The van der Waals surface area contributed by atoms with Gasteiger partial charge in [0.2, 0.25) is 0 Å². The molecule has 0 radical (unpaired) electrons. The molecule has 0 rings (SSSR count). The zero-order valence-corrected chi connectivity index (χ0v) is 8.55. The molecule has 7 heteroatoms. The van der Waals surface area contributed by atoms with Crippen LogP contribution in [0.3, 0.4) is 0 Å². The lowest BCUT2D eigenvalue weighted by atomic mass is 10.7. The second-order valence-corrected chi connectivity index (χ2v) is 2.53. The lowest BCUT2D eigenvalue weighted by Crippen LogP contribution is -2.07. The van der Waals surface area contributed by atoms with E-state index in [1.807, 2.05) is 0 Å². The van der Waals surface area contributed by atoms with E-state index >= 15 is 0 Å². The first kappa shape index (κ1) is 13.4. The Labute approximate surface area is 86.5 Å². The SMILES string of the molecule is ClCCOCCOOOOCCCl. The highest BCUT2D eigenvalue weighted by Gasteiger charge is 1.91. The lowest BCUT2D eigenvalue weighted by molar-refractivity contribution is -0.633. The summed E-state index contributed by atoms with van der Waals surface area (Å²) in [6.07, 6.45) is 0. The molecule has 0 fully saturated rings. The third-order valence-corrected chi connectivity index (χ3v) is 1.13. The summed E-state index contributed by atoms with van der Waals surface area (Å²) in [6.45, 7) is 1.33. The van der Waals surface area contributed by atoms with Gasteiger partial charge in [-0.15, -0.1) is 23.2 Å². The molecule has 0 aliphatic heterocycles. The van der Waals surface area contributed by atoms with Gasteiger partial charge in [-0.25, -0.2) is 9.78 Å². The minimum absolute atomic E-state index is 0.230. The molecule has 0 amide bonds. The molecule has 0 heterocycles. The summed E-state index contributed by atoms with van der Waals surface area (Å²) >= 11 is 10.6. The molecule has 0 spiro atoms. The fraction of sp³-hybridized carbons (Fsp3) is 1.00. The van der Waals surface area contributed by atoms with E-state index in [1.165, 1.54) is 0 Å². The molecule has 0 aliphatic carbocycles. The Morgan fingerprint density at radius 2 is 1.31 bits per heavy atom. The van der Waals surface area contributed by atoms with E-state index in [0.29, 0.717) is 25.0 Å². The first-order valence-electron chi connectivity index (χ1n) is 3.69. The molecule has 0 bridgehead atoms. The van der Waals surface area contributed by atoms with Crippen molar-refractivity contribution in [3.63, 3.8) is 0 Å². The van der Waals surface area contributed by atoms with Gasteiger partial charge < -0.3 is 4.74 Å². The second kappa shape index (κ2) is 12.4. The minimum atomic E-state index is 0.230. The van der Waals surface area contributed by atoms with Crippen LogP contribution in [0.5, 0.6) is 0 Å². The molecule has 0 aliphatic rings. The van der Waals surface area contributed by atoms with Crippen molar-refractivity contribution in [3.05, 3.63) is 0 Å². The number of hydrogen-bond acceptors (Lipinski definition) is 5. The van der Waals surface area contributed by atoms with Crippen molar-refractivity contribution < 1.29 is 24.6 Å². The van der Waals surface area contributed by atoms with Gasteiger partial charge in [0.25, 0.3) is 0 Å². The third-order valence-electron chi connectivity index (χ3n) is 0.817. The monoisotopic (exact) mass is 234 g/mol. The minimum Gasteiger partial charge on any atom is -0.378 e.